The highest BCUT2D eigenvalue weighted by Crippen LogP contribution is 2.39. The van der Waals surface area contributed by atoms with Gasteiger partial charge in [-0.1, -0.05) is 0 Å². The fraction of sp³-hybridized carbons (Fsp3) is 0.407. The molecule has 1 spiro atoms. The number of nitrogens with one attached hydrogen (secondary N) is 1. The number of likely N-dealkylation sites (tertiary alicyclic amines) is 1. The molecule has 6 rings (SSSR count). The maximum atomic E-state index is 15.1. The summed E-state index contributed by atoms with van der Waals surface area (Å²) in [7, 11) is 1.59. The Bertz CT molecular complexity index is 1420. The van der Waals surface area contributed by atoms with E-state index in [1.165, 1.54) is 12.7 Å². The van der Waals surface area contributed by atoms with E-state index in [0.29, 0.717) is 39.8 Å². The van der Waals surface area contributed by atoms with E-state index in [0.717, 1.165) is 50.5 Å². The molecular weight excluding hydrogens is 463 g/mol. The van der Waals surface area contributed by atoms with Crippen molar-refractivity contribution in [2.75, 3.05) is 46.6 Å². The Morgan fingerprint density at radius 1 is 1.11 bits per heavy atom. The predicted octanol–water partition coefficient (Wildman–Crippen LogP) is 4.85. The van der Waals surface area contributed by atoms with Gasteiger partial charge < -0.3 is 28.8 Å². The summed E-state index contributed by atoms with van der Waals surface area (Å²) in [5, 5.41) is 1.08. The van der Waals surface area contributed by atoms with E-state index in [4.69, 9.17) is 18.9 Å². The Balaban J connectivity index is 1.17. The average molecular weight is 493 g/mol. The van der Waals surface area contributed by atoms with Crippen LogP contribution in [0.5, 0.6) is 23.1 Å². The molecule has 0 aliphatic carbocycles. The summed E-state index contributed by atoms with van der Waals surface area (Å²) in [6.07, 6.45) is 3.54. The minimum Gasteiger partial charge on any atom is -0.493 e. The molecule has 0 amide bonds. The van der Waals surface area contributed by atoms with Gasteiger partial charge in [0.2, 0.25) is 5.88 Å². The van der Waals surface area contributed by atoms with Crippen molar-refractivity contribution >= 4 is 21.8 Å². The predicted molar refractivity (Wildman–Crippen MR) is 134 cm³/mol. The highest BCUT2D eigenvalue weighted by atomic mass is 19.1. The van der Waals surface area contributed by atoms with Crippen LogP contribution in [0.15, 0.2) is 36.7 Å². The molecule has 188 valence electrons. The van der Waals surface area contributed by atoms with Crippen LogP contribution in [0.1, 0.15) is 18.5 Å². The van der Waals surface area contributed by atoms with Gasteiger partial charge in [0, 0.05) is 41.2 Å². The molecule has 0 bridgehead atoms. The molecule has 2 aromatic heterocycles. The van der Waals surface area contributed by atoms with Crippen LogP contribution in [0.2, 0.25) is 0 Å². The SMILES string of the molecule is COc1cc2c(Oc3ccc4[nH]c(C)cc4c3F)ncnc2cc1OCCCN1CCC2(COC2)C1. The number of ether oxygens (including phenoxy) is 4. The van der Waals surface area contributed by atoms with E-state index in [1.54, 1.807) is 31.4 Å². The fourth-order valence-corrected chi connectivity index (χ4v) is 5.18. The third-order valence-corrected chi connectivity index (χ3v) is 7.14. The number of nitrogens with zero attached hydrogens (tertiary/aromatic N) is 3. The lowest BCUT2D eigenvalue weighted by Crippen LogP contribution is -2.44. The van der Waals surface area contributed by atoms with Crippen molar-refractivity contribution in [3.05, 3.63) is 48.2 Å². The van der Waals surface area contributed by atoms with Gasteiger partial charge in [0.1, 0.15) is 6.33 Å². The van der Waals surface area contributed by atoms with Crippen LogP contribution in [-0.4, -0.2) is 66.4 Å². The maximum absolute atomic E-state index is 15.1. The molecule has 2 aromatic carbocycles. The van der Waals surface area contributed by atoms with Crippen LogP contribution in [0.3, 0.4) is 0 Å². The lowest BCUT2D eigenvalue weighted by Gasteiger charge is -2.37. The summed E-state index contributed by atoms with van der Waals surface area (Å²) in [5.74, 6) is 1.06. The van der Waals surface area contributed by atoms with E-state index in [-0.39, 0.29) is 11.6 Å². The van der Waals surface area contributed by atoms with Gasteiger partial charge in [0.15, 0.2) is 23.1 Å². The molecule has 36 heavy (non-hydrogen) atoms. The lowest BCUT2D eigenvalue weighted by molar-refractivity contribution is -0.105. The second kappa shape index (κ2) is 9.22. The number of hydrogen-bond acceptors (Lipinski definition) is 7. The van der Waals surface area contributed by atoms with Gasteiger partial charge in [-0.05, 0) is 50.6 Å². The average Bonchev–Trinajstić information content (AvgIpc) is 3.47. The second-order valence-corrected chi connectivity index (χ2v) is 9.81. The molecule has 0 radical (unpaired) electrons. The van der Waals surface area contributed by atoms with Gasteiger partial charge in [0.05, 0.1) is 37.8 Å². The van der Waals surface area contributed by atoms with Crippen molar-refractivity contribution in [3.8, 4) is 23.1 Å². The molecule has 4 aromatic rings. The summed E-state index contributed by atoms with van der Waals surface area (Å²) in [5.41, 5.74) is 2.62. The lowest BCUT2D eigenvalue weighted by atomic mass is 9.85. The third kappa shape index (κ3) is 4.22. The van der Waals surface area contributed by atoms with Crippen LogP contribution in [-0.2, 0) is 4.74 Å². The highest BCUT2D eigenvalue weighted by Gasteiger charge is 2.43. The molecule has 0 unspecified atom stereocenters. The Labute approximate surface area is 208 Å². The Morgan fingerprint density at radius 3 is 2.78 bits per heavy atom. The molecule has 4 heterocycles. The normalized spacial score (nSPS) is 17.1. The van der Waals surface area contributed by atoms with Gasteiger partial charge in [0.25, 0.3) is 0 Å². The van der Waals surface area contributed by atoms with Crippen LogP contribution in [0.25, 0.3) is 21.8 Å². The van der Waals surface area contributed by atoms with Crippen LogP contribution in [0, 0.1) is 18.2 Å². The van der Waals surface area contributed by atoms with Gasteiger partial charge >= 0.3 is 0 Å². The monoisotopic (exact) mass is 492 g/mol. The molecule has 9 heteroatoms. The highest BCUT2D eigenvalue weighted by molar-refractivity contribution is 5.87. The van der Waals surface area contributed by atoms with Crippen LogP contribution < -0.4 is 14.2 Å². The van der Waals surface area contributed by atoms with E-state index in [9.17, 15) is 0 Å². The molecular formula is C27H29FN4O4. The van der Waals surface area contributed by atoms with E-state index in [1.807, 2.05) is 13.0 Å². The number of halogens is 1. The summed E-state index contributed by atoms with van der Waals surface area (Å²) < 4.78 is 38.1. The van der Waals surface area contributed by atoms with E-state index < -0.39 is 5.82 Å². The van der Waals surface area contributed by atoms with Gasteiger partial charge in [-0.15, -0.1) is 0 Å². The molecule has 2 fully saturated rings. The van der Waals surface area contributed by atoms with E-state index in [2.05, 4.69) is 19.9 Å². The first-order valence-electron chi connectivity index (χ1n) is 12.2. The van der Waals surface area contributed by atoms with Crippen molar-refractivity contribution < 1.29 is 23.3 Å². The zero-order chi connectivity index (χ0) is 24.7. The Kier molecular flexibility index (Phi) is 5.89. The molecule has 2 aliphatic heterocycles. The number of benzene rings is 2. The van der Waals surface area contributed by atoms with Crippen LogP contribution in [0.4, 0.5) is 4.39 Å². The molecule has 0 atom stereocenters. The van der Waals surface area contributed by atoms with Crippen molar-refractivity contribution in [1.29, 1.82) is 0 Å². The summed E-state index contributed by atoms with van der Waals surface area (Å²) in [6.45, 7) is 7.48. The largest absolute Gasteiger partial charge is 0.493 e. The number of aromatic nitrogens is 3. The minimum atomic E-state index is -0.440. The molecule has 2 saturated heterocycles. The quantitative estimate of drug-likeness (QED) is 0.352. The van der Waals surface area contributed by atoms with Crippen molar-refractivity contribution in [1.82, 2.24) is 19.9 Å². The van der Waals surface area contributed by atoms with Crippen molar-refractivity contribution in [2.24, 2.45) is 5.41 Å². The minimum absolute atomic E-state index is 0.0953. The van der Waals surface area contributed by atoms with Crippen molar-refractivity contribution in [3.63, 3.8) is 0 Å². The Hall–Kier alpha value is -3.43. The third-order valence-electron chi connectivity index (χ3n) is 7.14. The van der Waals surface area contributed by atoms with E-state index >= 15 is 4.39 Å². The van der Waals surface area contributed by atoms with Gasteiger partial charge in [-0.3, -0.25) is 0 Å². The standard InChI is InChI=1S/C27H29FN4O4/c1-17-10-18-20(31-17)4-5-22(25(18)28)36-26-19-11-23(33-2)24(12-21(19)29-16-30-26)35-9-3-7-32-8-6-27(13-32)14-34-15-27/h4-5,10-12,16,31H,3,6-9,13-15H2,1-2H3. The summed E-state index contributed by atoms with van der Waals surface area (Å²) >= 11 is 0. The zero-order valence-electron chi connectivity index (χ0n) is 20.5. The van der Waals surface area contributed by atoms with Gasteiger partial charge in [-0.25, -0.2) is 14.4 Å². The fourth-order valence-electron chi connectivity index (χ4n) is 5.18. The number of methoxy groups -OCH3 is 1. The number of aryl methyl sites for hydroxylation is 1. The Morgan fingerprint density at radius 2 is 2.00 bits per heavy atom. The molecule has 2 aliphatic rings. The molecule has 8 nitrogen and oxygen atoms in total. The van der Waals surface area contributed by atoms with Crippen molar-refractivity contribution in [2.45, 2.75) is 19.8 Å². The molecule has 0 saturated carbocycles. The smallest absolute Gasteiger partial charge is 0.230 e. The number of aromatic amines is 1. The van der Waals surface area contributed by atoms with Gasteiger partial charge in [-0.2, -0.15) is 0 Å². The number of rotatable bonds is 8. The maximum Gasteiger partial charge on any atom is 0.230 e. The summed E-state index contributed by atoms with van der Waals surface area (Å²) in [6, 6.07) is 8.73. The summed E-state index contributed by atoms with van der Waals surface area (Å²) in [4.78, 5) is 14.2. The molecule has 1 N–H and O–H groups in total. The number of hydrogen-bond donors (Lipinski definition) is 1. The topological polar surface area (TPSA) is 81.7 Å². The number of H-pyrrole nitrogens is 1. The van der Waals surface area contributed by atoms with Crippen LogP contribution >= 0.6 is 0 Å². The first-order chi connectivity index (χ1) is 17.5. The zero-order valence-corrected chi connectivity index (χ0v) is 20.5. The number of fused-ring (bicyclic) bond motifs is 2. The first kappa shape index (κ1) is 23.0. The second-order valence-electron chi connectivity index (χ2n) is 9.81. The first-order valence-corrected chi connectivity index (χ1v) is 12.2.